The van der Waals surface area contributed by atoms with Crippen molar-refractivity contribution in [3.8, 4) is 5.75 Å². The number of rotatable bonds is 5. The summed E-state index contributed by atoms with van der Waals surface area (Å²) >= 11 is 0. The molecule has 0 aromatic heterocycles. The van der Waals surface area contributed by atoms with E-state index < -0.39 is 0 Å². The van der Waals surface area contributed by atoms with Crippen molar-refractivity contribution in [2.24, 2.45) is 0 Å². The summed E-state index contributed by atoms with van der Waals surface area (Å²) < 4.78 is 12.2. The third-order valence-corrected chi connectivity index (χ3v) is 4.58. The van der Waals surface area contributed by atoms with Crippen LogP contribution < -0.4 is 10.1 Å². The minimum absolute atomic E-state index is 0.203. The number of hydrogen-bond donors (Lipinski definition) is 1. The lowest BCUT2D eigenvalue weighted by atomic mass is 9.97. The van der Waals surface area contributed by atoms with E-state index in [-0.39, 0.29) is 11.8 Å². The maximum Gasteiger partial charge on any atom is 0.179 e. The van der Waals surface area contributed by atoms with E-state index in [0.717, 1.165) is 24.2 Å². The van der Waals surface area contributed by atoms with Crippen LogP contribution >= 0.6 is 0 Å². The summed E-state index contributed by atoms with van der Waals surface area (Å²) in [5.41, 5.74) is 3.45. The van der Waals surface area contributed by atoms with E-state index in [1.54, 1.807) is 7.11 Å². The zero-order chi connectivity index (χ0) is 15.6. The average Bonchev–Trinajstić information content (AvgIpc) is 2.94. The molecule has 2 aromatic carbocycles. The van der Waals surface area contributed by atoms with E-state index in [9.17, 15) is 0 Å². The highest BCUT2D eigenvalue weighted by Crippen LogP contribution is 2.36. The predicted molar refractivity (Wildman–Crippen MR) is 88.2 cm³/mol. The molecule has 1 aliphatic rings. The van der Waals surface area contributed by atoms with Crippen molar-refractivity contribution in [3.63, 3.8) is 0 Å². The highest BCUT2D eigenvalue weighted by atomic mass is 16.6. The van der Waals surface area contributed by atoms with Crippen LogP contribution in [0.3, 0.4) is 0 Å². The van der Waals surface area contributed by atoms with Crippen LogP contribution in [0.4, 0.5) is 0 Å². The van der Waals surface area contributed by atoms with Gasteiger partial charge >= 0.3 is 0 Å². The Morgan fingerprint density at radius 3 is 2.14 bits per heavy atom. The first-order chi connectivity index (χ1) is 10.7. The van der Waals surface area contributed by atoms with Crippen molar-refractivity contribution in [2.75, 3.05) is 14.2 Å². The Labute approximate surface area is 132 Å². The molecule has 1 aliphatic carbocycles. The lowest BCUT2D eigenvalue weighted by molar-refractivity contribution is -0.0948. The van der Waals surface area contributed by atoms with E-state index in [0.29, 0.717) is 0 Å². The molecule has 0 saturated heterocycles. The van der Waals surface area contributed by atoms with Crippen molar-refractivity contribution >= 4 is 0 Å². The van der Waals surface area contributed by atoms with Gasteiger partial charge < -0.3 is 9.47 Å². The van der Waals surface area contributed by atoms with E-state index in [2.05, 4.69) is 42.6 Å². The molecule has 0 saturated carbocycles. The smallest absolute Gasteiger partial charge is 0.179 e. The van der Waals surface area contributed by atoms with Crippen LogP contribution in [0, 0.1) is 6.92 Å². The standard InChI is InChI=1S/C19H23NO2/c1-14-8-4-7-11-17(14)22-18(20-2)19(21-3)12-15-9-5-6-10-16(15)13-19/h4-11,18,20H,12-13H2,1-3H3/t18-/m1/s1. The van der Waals surface area contributed by atoms with E-state index in [4.69, 9.17) is 9.47 Å². The summed E-state index contributed by atoms with van der Waals surface area (Å²) in [5.74, 6) is 0.897. The van der Waals surface area contributed by atoms with Gasteiger partial charge in [0.2, 0.25) is 0 Å². The number of benzene rings is 2. The lowest BCUT2D eigenvalue weighted by Gasteiger charge is -2.36. The van der Waals surface area contributed by atoms with Crippen LogP contribution in [0.15, 0.2) is 48.5 Å². The molecule has 1 N–H and O–H groups in total. The van der Waals surface area contributed by atoms with Crippen LogP contribution in [0.2, 0.25) is 0 Å². The van der Waals surface area contributed by atoms with E-state index >= 15 is 0 Å². The second kappa shape index (κ2) is 6.11. The molecular weight excluding hydrogens is 274 g/mol. The van der Waals surface area contributed by atoms with Gasteiger partial charge in [-0.15, -0.1) is 0 Å². The summed E-state index contributed by atoms with van der Waals surface area (Å²) in [5, 5.41) is 3.30. The largest absolute Gasteiger partial charge is 0.472 e. The summed E-state index contributed by atoms with van der Waals surface area (Å²) in [4.78, 5) is 0. The number of methoxy groups -OCH3 is 1. The molecule has 0 heterocycles. The van der Waals surface area contributed by atoms with Gasteiger partial charge in [-0.2, -0.15) is 0 Å². The SMILES string of the molecule is CN[C@H](Oc1ccccc1C)C1(OC)Cc2ccccc2C1. The molecule has 116 valence electrons. The topological polar surface area (TPSA) is 30.5 Å². The number of nitrogens with one attached hydrogen (secondary N) is 1. The molecule has 0 amide bonds. The summed E-state index contributed by atoms with van der Waals surface area (Å²) in [6.45, 7) is 2.06. The molecular formula is C19H23NO2. The van der Waals surface area contributed by atoms with Crippen molar-refractivity contribution in [3.05, 3.63) is 65.2 Å². The third kappa shape index (κ3) is 2.62. The maximum atomic E-state index is 6.27. The second-order valence-electron chi connectivity index (χ2n) is 5.94. The second-order valence-corrected chi connectivity index (χ2v) is 5.94. The van der Waals surface area contributed by atoms with Gasteiger partial charge in [0.05, 0.1) is 0 Å². The van der Waals surface area contributed by atoms with Gasteiger partial charge in [0, 0.05) is 20.0 Å². The minimum atomic E-state index is -0.374. The molecule has 3 nitrogen and oxygen atoms in total. The first kappa shape index (κ1) is 15.1. The average molecular weight is 297 g/mol. The Morgan fingerprint density at radius 1 is 1.00 bits per heavy atom. The number of fused-ring (bicyclic) bond motifs is 1. The van der Waals surface area contributed by atoms with Crippen LogP contribution in [-0.2, 0) is 17.6 Å². The first-order valence-corrected chi connectivity index (χ1v) is 7.70. The van der Waals surface area contributed by atoms with Gasteiger partial charge in [-0.25, -0.2) is 0 Å². The molecule has 0 spiro atoms. The van der Waals surface area contributed by atoms with Gasteiger partial charge in [0.25, 0.3) is 0 Å². The predicted octanol–water partition coefficient (Wildman–Crippen LogP) is 3.10. The monoisotopic (exact) mass is 297 g/mol. The van der Waals surface area contributed by atoms with Crippen molar-refractivity contribution < 1.29 is 9.47 Å². The summed E-state index contributed by atoms with van der Waals surface area (Å²) in [6, 6.07) is 16.6. The maximum absolute atomic E-state index is 6.27. The minimum Gasteiger partial charge on any atom is -0.472 e. The molecule has 22 heavy (non-hydrogen) atoms. The molecule has 1 atom stereocenters. The fraction of sp³-hybridized carbons (Fsp3) is 0.368. The molecule has 2 aromatic rings. The molecule has 0 unspecified atom stereocenters. The number of hydrogen-bond acceptors (Lipinski definition) is 3. The van der Waals surface area contributed by atoms with Crippen molar-refractivity contribution in [2.45, 2.75) is 31.6 Å². The quantitative estimate of drug-likeness (QED) is 0.860. The number of likely N-dealkylation sites (N-methyl/N-ethyl adjacent to an activating group) is 1. The van der Waals surface area contributed by atoms with E-state index in [1.165, 1.54) is 11.1 Å². The van der Waals surface area contributed by atoms with E-state index in [1.807, 2.05) is 25.2 Å². The molecule has 0 radical (unpaired) electrons. The van der Waals surface area contributed by atoms with Gasteiger partial charge in [0.15, 0.2) is 6.23 Å². The normalized spacial score (nSPS) is 17.0. The summed E-state index contributed by atoms with van der Waals surface area (Å²) in [7, 11) is 3.70. The zero-order valence-electron chi connectivity index (χ0n) is 13.4. The Bertz CT molecular complexity index is 628. The van der Waals surface area contributed by atoms with Crippen LogP contribution in [-0.4, -0.2) is 26.0 Å². The van der Waals surface area contributed by atoms with Gasteiger partial charge in [0.1, 0.15) is 11.4 Å². The van der Waals surface area contributed by atoms with Crippen molar-refractivity contribution in [1.29, 1.82) is 0 Å². The lowest BCUT2D eigenvalue weighted by Crippen LogP contribution is -2.55. The van der Waals surface area contributed by atoms with Gasteiger partial charge in [-0.05, 0) is 36.7 Å². The Kier molecular flexibility index (Phi) is 4.19. The third-order valence-electron chi connectivity index (χ3n) is 4.58. The number of aryl methyl sites for hydroxylation is 1. The number of para-hydroxylation sites is 1. The fourth-order valence-electron chi connectivity index (χ4n) is 3.29. The molecule has 0 bridgehead atoms. The number of ether oxygens (including phenoxy) is 2. The molecule has 0 aliphatic heterocycles. The van der Waals surface area contributed by atoms with Crippen molar-refractivity contribution in [1.82, 2.24) is 5.32 Å². The molecule has 0 fully saturated rings. The Hall–Kier alpha value is -1.84. The molecule has 3 rings (SSSR count). The van der Waals surface area contributed by atoms with Crippen LogP contribution in [0.25, 0.3) is 0 Å². The molecule has 3 heteroatoms. The summed E-state index contributed by atoms with van der Waals surface area (Å²) in [6.07, 6.45) is 1.51. The highest BCUT2D eigenvalue weighted by molar-refractivity contribution is 5.37. The fourth-order valence-corrected chi connectivity index (χ4v) is 3.29. The van der Waals surface area contributed by atoms with Crippen LogP contribution in [0.1, 0.15) is 16.7 Å². The first-order valence-electron chi connectivity index (χ1n) is 7.70. The van der Waals surface area contributed by atoms with Crippen LogP contribution in [0.5, 0.6) is 5.75 Å². The van der Waals surface area contributed by atoms with Gasteiger partial charge in [-0.3, -0.25) is 5.32 Å². The zero-order valence-corrected chi connectivity index (χ0v) is 13.4. The Morgan fingerprint density at radius 2 is 1.59 bits per heavy atom. The van der Waals surface area contributed by atoms with Gasteiger partial charge in [-0.1, -0.05) is 42.5 Å². The Balaban J connectivity index is 1.88. The highest BCUT2D eigenvalue weighted by Gasteiger charge is 2.45.